The lowest BCUT2D eigenvalue weighted by Crippen LogP contribution is -2.15. The predicted molar refractivity (Wildman–Crippen MR) is 57.1 cm³/mol. The third kappa shape index (κ3) is 4.13. The van der Waals surface area contributed by atoms with E-state index in [1.165, 1.54) is 25.7 Å². The summed E-state index contributed by atoms with van der Waals surface area (Å²) in [6, 6.07) is 0. The van der Waals surface area contributed by atoms with Gasteiger partial charge in [0.15, 0.2) is 0 Å². The molecule has 73 valence electrons. The molecule has 1 radical (unpaired) electrons. The van der Waals surface area contributed by atoms with Gasteiger partial charge in [-0.05, 0) is 24.2 Å². The minimum Gasteiger partial charge on any atom is -0.0654 e. The molecule has 0 saturated heterocycles. The molecule has 0 heteroatoms. The second-order valence-electron chi connectivity index (χ2n) is 4.21. The van der Waals surface area contributed by atoms with Crippen LogP contribution in [0.4, 0.5) is 0 Å². The van der Waals surface area contributed by atoms with Crippen molar-refractivity contribution in [1.82, 2.24) is 0 Å². The van der Waals surface area contributed by atoms with Crippen molar-refractivity contribution in [3.8, 4) is 0 Å². The van der Waals surface area contributed by atoms with Gasteiger partial charge in [0.25, 0.3) is 0 Å². The van der Waals surface area contributed by atoms with Gasteiger partial charge in [-0.2, -0.15) is 0 Å². The van der Waals surface area contributed by atoms with E-state index in [1.54, 1.807) is 5.92 Å². The highest BCUT2D eigenvalue weighted by molar-refractivity contribution is 4.89. The van der Waals surface area contributed by atoms with Crippen molar-refractivity contribution < 1.29 is 0 Å². The van der Waals surface area contributed by atoms with E-state index in [9.17, 15) is 0 Å². The number of rotatable bonds is 6. The number of hydrogen-bond donors (Lipinski definition) is 0. The van der Waals surface area contributed by atoms with Crippen LogP contribution >= 0.6 is 0 Å². The maximum absolute atomic E-state index is 2.38. The molecule has 0 aliphatic rings. The lowest BCUT2D eigenvalue weighted by atomic mass is 9.80. The van der Waals surface area contributed by atoms with Crippen molar-refractivity contribution in [1.29, 1.82) is 0 Å². The number of unbranched alkanes of at least 4 members (excludes halogenated alkanes) is 1. The van der Waals surface area contributed by atoms with Gasteiger partial charge in [-0.15, -0.1) is 0 Å². The van der Waals surface area contributed by atoms with Crippen molar-refractivity contribution >= 4 is 0 Å². The van der Waals surface area contributed by atoms with Crippen LogP contribution in [-0.4, -0.2) is 0 Å². The zero-order chi connectivity index (χ0) is 9.56. The van der Waals surface area contributed by atoms with Crippen LogP contribution in [0, 0.1) is 17.8 Å². The molecule has 2 unspecified atom stereocenters. The first-order valence-electron chi connectivity index (χ1n) is 5.43. The van der Waals surface area contributed by atoms with Crippen LogP contribution in [0.25, 0.3) is 0 Å². The average molecular weight is 169 g/mol. The smallest absolute Gasteiger partial charge is 0.0269 e. The largest absolute Gasteiger partial charge is 0.0654 e. The first-order valence-corrected chi connectivity index (χ1v) is 5.43. The van der Waals surface area contributed by atoms with Crippen LogP contribution in [-0.2, 0) is 0 Å². The molecular formula is C12H25. The minimum absolute atomic E-state index is 0.870. The molecule has 0 heterocycles. The van der Waals surface area contributed by atoms with E-state index >= 15 is 0 Å². The Balaban J connectivity index is 3.85. The molecule has 0 nitrogen and oxygen atoms in total. The van der Waals surface area contributed by atoms with Crippen LogP contribution in [0.1, 0.15) is 60.3 Å². The Morgan fingerprint density at radius 2 is 1.75 bits per heavy atom. The highest BCUT2D eigenvalue weighted by atomic mass is 14.2. The standard InChI is InChI=1S/C12H25/c1-6-8-9-12(10(3)4)11(5)7-2/h11-12H,6-9H2,1-5H3. The quantitative estimate of drug-likeness (QED) is 0.551. The third-order valence-corrected chi connectivity index (χ3v) is 2.94. The molecule has 0 spiro atoms. The summed E-state index contributed by atoms with van der Waals surface area (Å²) in [6.07, 6.45) is 5.44. The SMILES string of the molecule is CCCCC([C](C)C)C(C)CC. The Labute approximate surface area is 78.8 Å². The Bertz CT molecular complexity index is 94.2. The molecule has 0 aromatic heterocycles. The molecule has 0 bridgehead atoms. The zero-order valence-corrected chi connectivity index (χ0v) is 9.48. The normalized spacial score (nSPS) is 16.5. The maximum atomic E-state index is 2.38. The average Bonchev–Trinajstić information content (AvgIpc) is 2.04. The summed E-state index contributed by atoms with van der Waals surface area (Å²) in [5.41, 5.74) is 0. The summed E-state index contributed by atoms with van der Waals surface area (Å²) in [4.78, 5) is 0. The Morgan fingerprint density at radius 3 is 2.08 bits per heavy atom. The maximum Gasteiger partial charge on any atom is -0.0269 e. The van der Waals surface area contributed by atoms with Crippen molar-refractivity contribution in [3.05, 3.63) is 5.92 Å². The molecule has 0 fully saturated rings. The first kappa shape index (κ1) is 12.0. The predicted octanol–water partition coefficient (Wildman–Crippen LogP) is 4.45. The van der Waals surface area contributed by atoms with Gasteiger partial charge in [0.05, 0.1) is 0 Å². The highest BCUT2D eigenvalue weighted by Gasteiger charge is 2.18. The van der Waals surface area contributed by atoms with Crippen LogP contribution < -0.4 is 0 Å². The summed E-state index contributed by atoms with van der Waals surface area (Å²) in [5.74, 6) is 3.37. The Morgan fingerprint density at radius 1 is 1.17 bits per heavy atom. The van der Waals surface area contributed by atoms with Gasteiger partial charge in [-0.25, -0.2) is 0 Å². The molecular weight excluding hydrogens is 144 g/mol. The molecule has 0 aliphatic carbocycles. The van der Waals surface area contributed by atoms with Gasteiger partial charge in [-0.1, -0.05) is 53.9 Å². The summed E-state index contributed by atoms with van der Waals surface area (Å²) >= 11 is 0. The van der Waals surface area contributed by atoms with Crippen LogP contribution in [0.3, 0.4) is 0 Å². The molecule has 0 aromatic carbocycles. The molecule has 0 aromatic rings. The van der Waals surface area contributed by atoms with Gasteiger partial charge in [0.1, 0.15) is 0 Å². The van der Waals surface area contributed by atoms with E-state index in [-0.39, 0.29) is 0 Å². The second-order valence-corrected chi connectivity index (χ2v) is 4.21. The van der Waals surface area contributed by atoms with Crippen molar-refractivity contribution in [2.75, 3.05) is 0 Å². The molecule has 0 amide bonds. The fourth-order valence-electron chi connectivity index (χ4n) is 1.85. The summed E-state index contributed by atoms with van der Waals surface area (Å²) < 4.78 is 0. The Kier molecular flexibility index (Phi) is 6.51. The van der Waals surface area contributed by atoms with Crippen LogP contribution in [0.2, 0.25) is 0 Å². The van der Waals surface area contributed by atoms with Gasteiger partial charge in [0, 0.05) is 0 Å². The van der Waals surface area contributed by atoms with Crippen molar-refractivity contribution in [2.24, 2.45) is 11.8 Å². The van der Waals surface area contributed by atoms with Gasteiger partial charge in [-0.3, -0.25) is 0 Å². The molecule has 0 aliphatic heterocycles. The van der Waals surface area contributed by atoms with Crippen molar-refractivity contribution in [2.45, 2.75) is 60.3 Å². The molecule has 0 N–H and O–H groups in total. The Hall–Kier alpha value is 0. The van der Waals surface area contributed by atoms with Crippen LogP contribution in [0.15, 0.2) is 0 Å². The minimum atomic E-state index is 0.870. The second kappa shape index (κ2) is 6.51. The lowest BCUT2D eigenvalue weighted by molar-refractivity contribution is 0.334. The first-order chi connectivity index (χ1) is 5.63. The van der Waals surface area contributed by atoms with E-state index in [4.69, 9.17) is 0 Å². The third-order valence-electron chi connectivity index (χ3n) is 2.94. The fraction of sp³-hybridized carbons (Fsp3) is 0.917. The molecule has 0 rings (SSSR count). The number of hydrogen-bond acceptors (Lipinski definition) is 0. The van der Waals surface area contributed by atoms with E-state index < -0.39 is 0 Å². The van der Waals surface area contributed by atoms with E-state index in [0.29, 0.717) is 0 Å². The van der Waals surface area contributed by atoms with E-state index in [0.717, 1.165) is 11.8 Å². The van der Waals surface area contributed by atoms with Crippen molar-refractivity contribution in [3.63, 3.8) is 0 Å². The summed E-state index contributed by atoms with van der Waals surface area (Å²) in [6.45, 7) is 11.5. The van der Waals surface area contributed by atoms with Crippen LogP contribution in [0.5, 0.6) is 0 Å². The molecule has 2 atom stereocenters. The van der Waals surface area contributed by atoms with E-state index in [1.807, 2.05) is 0 Å². The van der Waals surface area contributed by atoms with Gasteiger partial charge in [0.2, 0.25) is 0 Å². The van der Waals surface area contributed by atoms with Gasteiger partial charge >= 0.3 is 0 Å². The van der Waals surface area contributed by atoms with E-state index in [2.05, 4.69) is 34.6 Å². The monoisotopic (exact) mass is 169 g/mol. The molecule has 12 heavy (non-hydrogen) atoms. The molecule has 0 saturated carbocycles. The zero-order valence-electron chi connectivity index (χ0n) is 9.48. The fourth-order valence-corrected chi connectivity index (χ4v) is 1.85. The van der Waals surface area contributed by atoms with Gasteiger partial charge < -0.3 is 0 Å². The highest BCUT2D eigenvalue weighted by Crippen LogP contribution is 2.29. The topological polar surface area (TPSA) is 0 Å². The lowest BCUT2D eigenvalue weighted by Gasteiger charge is -2.26. The summed E-state index contributed by atoms with van der Waals surface area (Å²) in [5, 5.41) is 0. The summed E-state index contributed by atoms with van der Waals surface area (Å²) in [7, 11) is 0.